The van der Waals surface area contributed by atoms with E-state index in [0.29, 0.717) is 5.92 Å². The average Bonchev–Trinajstić information content (AvgIpc) is 2.60. The summed E-state index contributed by atoms with van der Waals surface area (Å²) in [6, 6.07) is 11.9. The lowest BCUT2D eigenvalue weighted by Crippen LogP contribution is -2.31. The number of nitrogens with zero attached hydrogens (tertiary/aromatic N) is 1. The van der Waals surface area contributed by atoms with E-state index < -0.39 is 4.92 Å². The number of halogens is 1. The van der Waals surface area contributed by atoms with Gasteiger partial charge in [-0.05, 0) is 36.5 Å². The largest absolute Gasteiger partial charge is 0.482 e. The summed E-state index contributed by atoms with van der Waals surface area (Å²) >= 11 is 5.95. The van der Waals surface area contributed by atoms with Gasteiger partial charge in [-0.2, -0.15) is 0 Å². The summed E-state index contributed by atoms with van der Waals surface area (Å²) in [6.07, 6.45) is 1.02. The van der Waals surface area contributed by atoms with Crippen LogP contribution in [0.4, 0.5) is 5.69 Å². The third-order valence-corrected chi connectivity index (χ3v) is 4.28. The number of nitro benzene ring substituents is 1. The summed E-state index contributed by atoms with van der Waals surface area (Å²) in [5, 5.41) is 13.7. The Balaban J connectivity index is 1.89. The van der Waals surface area contributed by atoms with Crippen molar-refractivity contribution in [2.45, 2.75) is 33.2 Å². The molecule has 0 aliphatic carbocycles. The Bertz CT molecular complexity index is 806. The van der Waals surface area contributed by atoms with Gasteiger partial charge in [0.15, 0.2) is 6.61 Å². The zero-order valence-electron chi connectivity index (χ0n) is 15.6. The van der Waals surface area contributed by atoms with Crippen molar-refractivity contribution in [3.05, 3.63) is 68.7 Å². The van der Waals surface area contributed by atoms with Crippen LogP contribution in [0, 0.1) is 16.0 Å². The Kier molecular flexibility index (Phi) is 7.19. The van der Waals surface area contributed by atoms with Crippen LogP contribution in [0.15, 0.2) is 42.5 Å². The summed E-state index contributed by atoms with van der Waals surface area (Å²) < 4.78 is 5.37. The van der Waals surface area contributed by atoms with Crippen LogP contribution in [0.2, 0.25) is 5.02 Å². The molecule has 2 aromatic rings. The normalized spacial score (nSPS) is 11.9. The smallest absolute Gasteiger partial charge is 0.271 e. The number of rotatable bonds is 8. The van der Waals surface area contributed by atoms with E-state index in [0.717, 1.165) is 12.0 Å². The van der Waals surface area contributed by atoms with E-state index in [9.17, 15) is 14.9 Å². The molecule has 0 aliphatic heterocycles. The molecular weight excluding hydrogens is 368 g/mol. The van der Waals surface area contributed by atoms with Crippen molar-refractivity contribution in [1.82, 2.24) is 5.32 Å². The molecule has 0 aliphatic rings. The van der Waals surface area contributed by atoms with Gasteiger partial charge < -0.3 is 10.1 Å². The van der Waals surface area contributed by atoms with E-state index in [1.54, 1.807) is 0 Å². The fourth-order valence-electron chi connectivity index (χ4n) is 2.64. The molecule has 0 saturated heterocycles. The van der Waals surface area contributed by atoms with E-state index >= 15 is 0 Å². The molecule has 0 spiro atoms. The summed E-state index contributed by atoms with van der Waals surface area (Å²) in [4.78, 5) is 22.3. The number of nitro groups is 1. The maximum Gasteiger partial charge on any atom is 0.271 e. The molecule has 2 rings (SSSR count). The summed E-state index contributed by atoms with van der Waals surface area (Å²) in [6.45, 7) is 6.02. The molecule has 1 amide bonds. The van der Waals surface area contributed by atoms with Gasteiger partial charge in [0.2, 0.25) is 0 Å². The predicted molar refractivity (Wildman–Crippen MR) is 105 cm³/mol. The van der Waals surface area contributed by atoms with Crippen molar-refractivity contribution in [1.29, 1.82) is 0 Å². The van der Waals surface area contributed by atoms with Crippen LogP contribution in [0.25, 0.3) is 0 Å². The Morgan fingerprint density at radius 2 is 1.85 bits per heavy atom. The monoisotopic (exact) mass is 390 g/mol. The predicted octanol–water partition coefficient (Wildman–Crippen LogP) is 4.70. The number of ether oxygens (including phenoxy) is 1. The molecule has 0 unspecified atom stereocenters. The number of carbonyl (C=O) groups excluding carboxylic acids is 1. The number of carbonyl (C=O) groups is 1. The van der Waals surface area contributed by atoms with Crippen LogP contribution >= 0.6 is 11.6 Å². The molecule has 144 valence electrons. The Labute approximate surface area is 163 Å². The quantitative estimate of drug-likeness (QED) is 0.523. The molecule has 0 saturated carbocycles. The SMILES string of the molecule is CC(C)Cc1ccc([C@H](C)NC(=O)COc2ccc([N+](=O)[O-])cc2Cl)cc1. The Hall–Kier alpha value is -2.60. The highest BCUT2D eigenvalue weighted by atomic mass is 35.5. The van der Waals surface area contributed by atoms with Gasteiger partial charge in [0.1, 0.15) is 5.75 Å². The lowest BCUT2D eigenvalue weighted by molar-refractivity contribution is -0.384. The van der Waals surface area contributed by atoms with E-state index in [4.69, 9.17) is 16.3 Å². The van der Waals surface area contributed by atoms with Crippen molar-refractivity contribution in [2.24, 2.45) is 5.92 Å². The van der Waals surface area contributed by atoms with Gasteiger partial charge in [0.05, 0.1) is 16.0 Å². The minimum Gasteiger partial charge on any atom is -0.482 e. The maximum atomic E-state index is 12.1. The second-order valence-electron chi connectivity index (χ2n) is 6.79. The summed E-state index contributed by atoms with van der Waals surface area (Å²) in [5.74, 6) is 0.516. The van der Waals surface area contributed by atoms with E-state index in [1.165, 1.54) is 23.8 Å². The molecule has 0 radical (unpaired) electrons. The van der Waals surface area contributed by atoms with Crippen molar-refractivity contribution >= 4 is 23.2 Å². The van der Waals surface area contributed by atoms with Gasteiger partial charge >= 0.3 is 0 Å². The topological polar surface area (TPSA) is 81.5 Å². The fraction of sp³-hybridized carbons (Fsp3) is 0.350. The molecule has 0 fully saturated rings. The van der Waals surface area contributed by atoms with Gasteiger partial charge in [-0.1, -0.05) is 49.7 Å². The van der Waals surface area contributed by atoms with Gasteiger partial charge in [-0.15, -0.1) is 0 Å². The van der Waals surface area contributed by atoms with E-state index in [-0.39, 0.29) is 35.0 Å². The van der Waals surface area contributed by atoms with Crippen LogP contribution in [0.3, 0.4) is 0 Å². The lowest BCUT2D eigenvalue weighted by Gasteiger charge is -2.16. The van der Waals surface area contributed by atoms with Crippen LogP contribution in [0.5, 0.6) is 5.75 Å². The molecular formula is C20H23ClN2O4. The molecule has 0 bridgehead atoms. The molecule has 27 heavy (non-hydrogen) atoms. The highest BCUT2D eigenvalue weighted by Crippen LogP contribution is 2.28. The third-order valence-electron chi connectivity index (χ3n) is 3.99. The molecule has 7 heteroatoms. The molecule has 0 heterocycles. The highest BCUT2D eigenvalue weighted by molar-refractivity contribution is 6.32. The zero-order valence-corrected chi connectivity index (χ0v) is 16.3. The second-order valence-corrected chi connectivity index (χ2v) is 7.20. The van der Waals surface area contributed by atoms with Gasteiger partial charge in [0.25, 0.3) is 11.6 Å². The van der Waals surface area contributed by atoms with Gasteiger partial charge in [-0.25, -0.2) is 0 Å². The fourth-order valence-corrected chi connectivity index (χ4v) is 2.87. The third kappa shape index (κ3) is 6.25. The zero-order chi connectivity index (χ0) is 20.0. The number of hydrogen-bond acceptors (Lipinski definition) is 4. The molecule has 1 atom stereocenters. The number of benzene rings is 2. The maximum absolute atomic E-state index is 12.1. The molecule has 0 aromatic heterocycles. The molecule has 6 nitrogen and oxygen atoms in total. The average molecular weight is 391 g/mol. The minimum atomic E-state index is -0.545. The first-order valence-corrected chi connectivity index (χ1v) is 9.09. The molecule has 1 N–H and O–H groups in total. The van der Waals surface area contributed by atoms with Crippen molar-refractivity contribution < 1.29 is 14.5 Å². The summed E-state index contributed by atoms with van der Waals surface area (Å²) in [7, 11) is 0. The summed E-state index contributed by atoms with van der Waals surface area (Å²) in [5.41, 5.74) is 2.14. The Morgan fingerprint density at radius 1 is 1.19 bits per heavy atom. The van der Waals surface area contributed by atoms with Crippen LogP contribution in [0.1, 0.15) is 37.9 Å². The van der Waals surface area contributed by atoms with Crippen molar-refractivity contribution in [2.75, 3.05) is 6.61 Å². The van der Waals surface area contributed by atoms with Crippen LogP contribution in [-0.4, -0.2) is 17.4 Å². The first kappa shape index (κ1) is 20.7. The highest BCUT2D eigenvalue weighted by Gasteiger charge is 2.13. The number of non-ortho nitro benzene ring substituents is 1. The minimum absolute atomic E-state index is 0.0887. The first-order chi connectivity index (χ1) is 12.8. The lowest BCUT2D eigenvalue weighted by atomic mass is 10.00. The number of hydrogen-bond donors (Lipinski definition) is 1. The standard InChI is InChI=1S/C20H23ClN2O4/c1-13(2)10-15-4-6-16(7-5-15)14(3)22-20(24)12-27-19-9-8-17(23(25)26)11-18(19)21/h4-9,11,13-14H,10,12H2,1-3H3,(H,22,24)/t14-/m0/s1. The first-order valence-electron chi connectivity index (χ1n) is 8.71. The van der Waals surface area contributed by atoms with E-state index in [1.807, 2.05) is 19.1 Å². The van der Waals surface area contributed by atoms with E-state index in [2.05, 4.69) is 31.3 Å². The Morgan fingerprint density at radius 3 is 2.41 bits per heavy atom. The number of nitrogens with one attached hydrogen (secondary N) is 1. The van der Waals surface area contributed by atoms with Crippen LogP contribution in [-0.2, 0) is 11.2 Å². The van der Waals surface area contributed by atoms with Gasteiger partial charge in [-0.3, -0.25) is 14.9 Å². The van der Waals surface area contributed by atoms with Crippen LogP contribution < -0.4 is 10.1 Å². The van der Waals surface area contributed by atoms with Crippen molar-refractivity contribution in [3.8, 4) is 5.75 Å². The number of amides is 1. The van der Waals surface area contributed by atoms with Gasteiger partial charge in [0, 0.05) is 12.1 Å². The second kappa shape index (κ2) is 9.37. The van der Waals surface area contributed by atoms with Crippen molar-refractivity contribution in [3.63, 3.8) is 0 Å². The molecule has 2 aromatic carbocycles.